The Hall–Kier alpha value is -0.200. The molecule has 1 atom stereocenters. The van der Waals surface area contributed by atoms with E-state index in [1.807, 2.05) is 0 Å². The van der Waals surface area contributed by atoms with Crippen LogP contribution in [0.3, 0.4) is 0 Å². The molecule has 2 fully saturated rings. The van der Waals surface area contributed by atoms with Gasteiger partial charge in [0, 0.05) is 12.6 Å². The minimum atomic E-state index is 0.316. The first kappa shape index (κ1) is 13.2. The summed E-state index contributed by atoms with van der Waals surface area (Å²) in [5.74, 6) is 0. The second kappa shape index (κ2) is 6.66. The quantitative estimate of drug-likeness (QED) is 0.635. The average Bonchev–Trinajstić information content (AvgIpc) is 2.38. The van der Waals surface area contributed by atoms with Gasteiger partial charge in [0.15, 0.2) is 0 Å². The van der Waals surface area contributed by atoms with Crippen LogP contribution in [-0.2, 0) is 0 Å². The Bertz CT molecular complexity index is 215. The van der Waals surface area contributed by atoms with E-state index in [-0.39, 0.29) is 0 Å². The molecule has 17 heavy (non-hydrogen) atoms. The maximum Gasteiger partial charge on any atom is 0.127 e. The van der Waals surface area contributed by atoms with Crippen LogP contribution in [0.4, 0.5) is 0 Å². The largest absolute Gasteiger partial charge is 0.309 e. The lowest BCUT2D eigenvalue weighted by atomic mass is 10.0. The maximum absolute atomic E-state index is 3.55. The van der Waals surface area contributed by atoms with Gasteiger partial charge in [0.25, 0.3) is 0 Å². The lowest BCUT2D eigenvalue weighted by molar-refractivity contribution is -0.00831. The zero-order valence-corrected chi connectivity index (χ0v) is 11.2. The van der Waals surface area contributed by atoms with Gasteiger partial charge in [-0.2, -0.15) is 0 Å². The van der Waals surface area contributed by atoms with Crippen LogP contribution in [0.25, 0.3) is 0 Å². The van der Waals surface area contributed by atoms with Crippen molar-refractivity contribution in [1.29, 1.82) is 0 Å². The van der Waals surface area contributed by atoms with Crippen molar-refractivity contribution in [2.24, 2.45) is 0 Å². The average molecular weight is 241 g/mol. The summed E-state index contributed by atoms with van der Waals surface area (Å²) in [6.07, 6.45) is 5.38. The van der Waals surface area contributed by atoms with Crippen LogP contribution in [0.2, 0.25) is 0 Å². The van der Waals surface area contributed by atoms with E-state index in [4.69, 9.17) is 0 Å². The van der Waals surface area contributed by atoms with Crippen LogP contribution >= 0.6 is 0 Å². The number of nitrogens with one attached hydrogen (secondary N) is 3. The molecule has 5 nitrogen and oxygen atoms in total. The second-order valence-corrected chi connectivity index (χ2v) is 5.37. The molecule has 0 aromatic carbocycles. The number of hydrogen-bond donors (Lipinski definition) is 3. The predicted molar refractivity (Wildman–Crippen MR) is 70.4 cm³/mol. The summed E-state index contributed by atoms with van der Waals surface area (Å²) in [5.41, 5.74) is 3.55. The molecule has 0 aliphatic carbocycles. The molecule has 2 aliphatic heterocycles. The van der Waals surface area contributed by atoms with Gasteiger partial charge in [-0.15, -0.1) is 0 Å². The van der Waals surface area contributed by atoms with Crippen LogP contribution in [-0.4, -0.2) is 62.5 Å². The molecule has 2 aliphatic rings. The zero-order valence-electron chi connectivity index (χ0n) is 11.2. The van der Waals surface area contributed by atoms with Crippen molar-refractivity contribution in [2.75, 3.05) is 40.3 Å². The van der Waals surface area contributed by atoms with E-state index in [1.165, 1.54) is 25.7 Å². The van der Waals surface area contributed by atoms with Gasteiger partial charge in [0.2, 0.25) is 0 Å². The summed E-state index contributed by atoms with van der Waals surface area (Å²) in [6, 6.07) is 0.647. The first-order valence-corrected chi connectivity index (χ1v) is 6.91. The number of hydrogen-bond acceptors (Lipinski definition) is 5. The third kappa shape index (κ3) is 3.89. The monoisotopic (exact) mass is 241 g/mol. The molecule has 0 spiro atoms. The van der Waals surface area contributed by atoms with Gasteiger partial charge in [0.1, 0.15) is 6.29 Å². The highest BCUT2D eigenvalue weighted by Crippen LogP contribution is 2.16. The summed E-state index contributed by atoms with van der Waals surface area (Å²) in [4.78, 5) is 2.27. The Kier molecular flexibility index (Phi) is 5.18. The topological polar surface area (TPSA) is 42.6 Å². The van der Waals surface area contributed by atoms with Crippen molar-refractivity contribution in [1.82, 2.24) is 26.0 Å². The maximum atomic E-state index is 3.55. The SMILES string of the molecule is CN(C)CCC1CCCNN1C1NCCCN1. The molecular formula is C12H27N5. The van der Waals surface area contributed by atoms with Crippen LogP contribution in [0.15, 0.2) is 0 Å². The minimum Gasteiger partial charge on any atom is -0.309 e. The number of hydrazine groups is 1. The fraction of sp³-hybridized carbons (Fsp3) is 1.00. The first-order chi connectivity index (χ1) is 8.27. The van der Waals surface area contributed by atoms with Gasteiger partial charge in [0.05, 0.1) is 0 Å². The summed E-state index contributed by atoms with van der Waals surface area (Å²) in [7, 11) is 4.30. The van der Waals surface area contributed by atoms with Crippen molar-refractivity contribution >= 4 is 0 Å². The molecule has 2 saturated heterocycles. The highest BCUT2D eigenvalue weighted by atomic mass is 15.6. The second-order valence-electron chi connectivity index (χ2n) is 5.37. The smallest absolute Gasteiger partial charge is 0.127 e. The molecule has 2 heterocycles. The van der Waals surface area contributed by atoms with Gasteiger partial charge >= 0.3 is 0 Å². The molecular weight excluding hydrogens is 214 g/mol. The lowest BCUT2D eigenvalue weighted by Crippen LogP contribution is -2.67. The predicted octanol–water partition coefficient (Wildman–Crippen LogP) is -0.226. The normalized spacial score (nSPS) is 28.8. The molecule has 5 heteroatoms. The highest BCUT2D eigenvalue weighted by Gasteiger charge is 2.29. The fourth-order valence-electron chi connectivity index (χ4n) is 2.64. The van der Waals surface area contributed by atoms with Crippen molar-refractivity contribution in [3.05, 3.63) is 0 Å². The number of rotatable bonds is 4. The van der Waals surface area contributed by atoms with E-state index < -0.39 is 0 Å². The van der Waals surface area contributed by atoms with Crippen molar-refractivity contribution in [3.63, 3.8) is 0 Å². The Morgan fingerprint density at radius 2 is 1.88 bits per heavy atom. The molecule has 2 rings (SSSR count). The van der Waals surface area contributed by atoms with E-state index >= 15 is 0 Å². The van der Waals surface area contributed by atoms with Crippen LogP contribution in [0.1, 0.15) is 25.7 Å². The molecule has 1 unspecified atom stereocenters. The minimum absolute atomic E-state index is 0.316. The van der Waals surface area contributed by atoms with Crippen molar-refractivity contribution in [2.45, 2.75) is 38.0 Å². The first-order valence-electron chi connectivity index (χ1n) is 6.91. The van der Waals surface area contributed by atoms with Crippen LogP contribution in [0, 0.1) is 0 Å². The zero-order chi connectivity index (χ0) is 12.1. The number of nitrogens with zero attached hydrogens (tertiary/aromatic N) is 2. The Balaban J connectivity index is 1.86. The van der Waals surface area contributed by atoms with Crippen molar-refractivity contribution in [3.8, 4) is 0 Å². The summed E-state index contributed by atoms with van der Waals surface area (Å²) in [6.45, 7) is 4.51. The van der Waals surface area contributed by atoms with E-state index in [9.17, 15) is 0 Å². The third-order valence-electron chi connectivity index (χ3n) is 3.62. The van der Waals surface area contributed by atoms with E-state index in [0.29, 0.717) is 12.3 Å². The van der Waals surface area contributed by atoms with E-state index in [2.05, 4.69) is 40.1 Å². The standard InChI is InChI=1S/C12H27N5/c1-16(2)10-6-11-5-3-9-15-17(11)12-13-7-4-8-14-12/h11-15H,3-10H2,1-2H3. The van der Waals surface area contributed by atoms with E-state index in [1.54, 1.807) is 0 Å². The Morgan fingerprint density at radius 3 is 2.59 bits per heavy atom. The molecule has 0 aromatic heterocycles. The summed E-state index contributed by atoms with van der Waals surface area (Å²) in [5, 5.41) is 9.50. The van der Waals surface area contributed by atoms with Gasteiger partial charge < -0.3 is 4.90 Å². The van der Waals surface area contributed by atoms with Gasteiger partial charge in [-0.05, 0) is 59.4 Å². The van der Waals surface area contributed by atoms with Crippen molar-refractivity contribution < 1.29 is 0 Å². The third-order valence-corrected chi connectivity index (χ3v) is 3.62. The van der Waals surface area contributed by atoms with Gasteiger partial charge in [-0.25, -0.2) is 5.01 Å². The Labute approximate surface area is 105 Å². The van der Waals surface area contributed by atoms with Crippen LogP contribution in [0.5, 0.6) is 0 Å². The molecule has 3 N–H and O–H groups in total. The fourth-order valence-corrected chi connectivity index (χ4v) is 2.64. The molecule has 0 saturated carbocycles. The molecule has 0 amide bonds. The van der Waals surface area contributed by atoms with Gasteiger partial charge in [-0.3, -0.25) is 16.1 Å². The summed E-state index contributed by atoms with van der Waals surface area (Å²) >= 11 is 0. The molecule has 0 radical (unpaired) electrons. The summed E-state index contributed by atoms with van der Waals surface area (Å²) < 4.78 is 0. The van der Waals surface area contributed by atoms with Crippen LogP contribution < -0.4 is 16.1 Å². The highest BCUT2D eigenvalue weighted by molar-refractivity contribution is 4.80. The molecule has 100 valence electrons. The Morgan fingerprint density at radius 1 is 1.12 bits per heavy atom. The lowest BCUT2D eigenvalue weighted by Gasteiger charge is -2.43. The van der Waals surface area contributed by atoms with Gasteiger partial charge in [-0.1, -0.05) is 0 Å². The van der Waals surface area contributed by atoms with E-state index in [0.717, 1.165) is 26.2 Å². The molecule has 0 bridgehead atoms. The molecule has 0 aromatic rings.